The molecule has 4 rings (SSSR count). The molecule has 0 bridgehead atoms. The predicted octanol–water partition coefficient (Wildman–Crippen LogP) is 6.38. The van der Waals surface area contributed by atoms with Gasteiger partial charge in [-0.2, -0.15) is 0 Å². The first-order valence-corrected chi connectivity index (χ1v) is 14.3. The average molecular weight is 503 g/mol. The smallest absolute Gasteiger partial charge is 0.116 e. The van der Waals surface area contributed by atoms with Crippen molar-refractivity contribution >= 4 is 0 Å². The van der Waals surface area contributed by atoms with Crippen molar-refractivity contribution in [3.63, 3.8) is 0 Å². The first-order valence-electron chi connectivity index (χ1n) is 14.3. The van der Waals surface area contributed by atoms with Gasteiger partial charge in [-0.05, 0) is 111 Å². The van der Waals surface area contributed by atoms with Gasteiger partial charge >= 0.3 is 0 Å². The fourth-order valence-electron chi connectivity index (χ4n) is 6.01. The first-order chi connectivity index (χ1) is 18.0. The van der Waals surface area contributed by atoms with E-state index in [4.69, 9.17) is 4.74 Å². The van der Waals surface area contributed by atoms with Gasteiger partial charge in [-0.15, -0.1) is 0 Å². The van der Waals surface area contributed by atoms with Crippen LogP contribution < -0.4 is 0 Å². The van der Waals surface area contributed by atoms with Gasteiger partial charge in [0.1, 0.15) is 11.5 Å². The summed E-state index contributed by atoms with van der Waals surface area (Å²) >= 11 is 0. The van der Waals surface area contributed by atoms with Gasteiger partial charge in [0.2, 0.25) is 0 Å². The van der Waals surface area contributed by atoms with E-state index in [1.807, 2.05) is 12.1 Å². The molecule has 0 fully saturated rings. The maximum Gasteiger partial charge on any atom is 0.116 e. The Morgan fingerprint density at radius 2 is 1.78 bits per heavy atom. The van der Waals surface area contributed by atoms with E-state index in [-0.39, 0.29) is 0 Å². The maximum absolute atomic E-state index is 9.91. The van der Waals surface area contributed by atoms with Crippen LogP contribution in [0.4, 0.5) is 0 Å². The summed E-state index contributed by atoms with van der Waals surface area (Å²) in [7, 11) is 4.00. The van der Waals surface area contributed by atoms with Crippen LogP contribution in [0.15, 0.2) is 66.5 Å². The van der Waals surface area contributed by atoms with E-state index in [9.17, 15) is 5.11 Å². The standard InChI is InChI=1S/C33H46N2O2/c1-5-7-19-34(3)20-18-25-8-10-26(11-9-25)24-35(6-2)33-23-31(37-4)16-17-32(33)29-13-12-28-22-30(36)15-14-27(28)21-29/h8-11,14-17,22-23,29,32-33,36H,5-7,12-13,18-21,24H2,1-4H3/t29-,32?,33?/m1/s1. The van der Waals surface area contributed by atoms with Crippen LogP contribution in [0.3, 0.4) is 0 Å². The number of fused-ring (bicyclic) bond motifs is 1. The van der Waals surface area contributed by atoms with Gasteiger partial charge in [0.15, 0.2) is 0 Å². The molecule has 0 amide bonds. The molecule has 4 nitrogen and oxygen atoms in total. The minimum atomic E-state index is 0.306. The molecule has 4 heteroatoms. The second kappa shape index (κ2) is 13.3. The molecule has 2 aliphatic carbocycles. The van der Waals surface area contributed by atoms with Crippen molar-refractivity contribution in [2.75, 3.05) is 33.8 Å². The number of benzene rings is 2. The van der Waals surface area contributed by atoms with E-state index in [1.165, 1.54) is 41.6 Å². The maximum atomic E-state index is 9.91. The van der Waals surface area contributed by atoms with Gasteiger partial charge in [0.25, 0.3) is 0 Å². The highest BCUT2D eigenvalue weighted by atomic mass is 16.5. The largest absolute Gasteiger partial charge is 0.508 e. The lowest BCUT2D eigenvalue weighted by molar-refractivity contribution is 0.147. The van der Waals surface area contributed by atoms with Crippen LogP contribution in [0.25, 0.3) is 0 Å². The molecule has 2 aliphatic rings. The lowest BCUT2D eigenvalue weighted by Crippen LogP contribution is -2.43. The van der Waals surface area contributed by atoms with Crippen LogP contribution in [0, 0.1) is 11.8 Å². The number of phenols is 1. The number of phenolic OH excluding ortho intramolecular Hbond substituents is 1. The van der Waals surface area contributed by atoms with Gasteiger partial charge in [0.05, 0.1) is 7.11 Å². The van der Waals surface area contributed by atoms with E-state index in [2.05, 4.69) is 79.3 Å². The average Bonchev–Trinajstić information content (AvgIpc) is 2.93. The van der Waals surface area contributed by atoms with Crippen molar-refractivity contribution in [3.05, 3.63) is 88.7 Å². The Morgan fingerprint density at radius 1 is 1.00 bits per heavy atom. The molecule has 37 heavy (non-hydrogen) atoms. The van der Waals surface area contributed by atoms with Gasteiger partial charge in [-0.1, -0.05) is 56.7 Å². The Kier molecular flexibility index (Phi) is 9.88. The third-order valence-corrected chi connectivity index (χ3v) is 8.36. The quantitative estimate of drug-likeness (QED) is 0.365. The van der Waals surface area contributed by atoms with Crippen molar-refractivity contribution in [2.24, 2.45) is 11.8 Å². The molecule has 200 valence electrons. The second-order valence-electron chi connectivity index (χ2n) is 10.9. The first kappa shape index (κ1) is 27.5. The lowest BCUT2D eigenvalue weighted by Gasteiger charge is -2.41. The Hall–Kier alpha value is -2.56. The van der Waals surface area contributed by atoms with E-state index < -0.39 is 0 Å². The zero-order chi connectivity index (χ0) is 26.2. The van der Waals surface area contributed by atoms with E-state index in [0.717, 1.165) is 51.1 Å². The number of hydrogen-bond acceptors (Lipinski definition) is 4. The monoisotopic (exact) mass is 502 g/mol. The second-order valence-corrected chi connectivity index (χ2v) is 10.9. The molecule has 2 aromatic carbocycles. The van der Waals surface area contributed by atoms with Crippen LogP contribution in [0.2, 0.25) is 0 Å². The molecule has 0 heterocycles. The van der Waals surface area contributed by atoms with Crippen LogP contribution in [-0.2, 0) is 30.5 Å². The molecular weight excluding hydrogens is 456 g/mol. The van der Waals surface area contributed by atoms with E-state index >= 15 is 0 Å². The molecule has 0 aliphatic heterocycles. The van der Waals surface area contributed by atoms with Crippen LogP contribution in [-0.4, -0.2) is 54.7 Å². The SMILES string of the molecule is CCCCN(C)CCc1ccc(CN(CC)C2C=C(OC)C=CC2[C@@H]2CCc3cc(O)ccc3C2)cc1. The summed E-state index contributed by atoms with van der Waals surface area (Å²) in [5, 5.41) is 9.91. The van der Waals surface area contributed by atoms with Crippen molar-refractivity contribution in [1.82, 2.24) is 9.80 Å². The number of hydrogen-bond donors (Lipinski definition) is 1. The Bertz CT molecular complexity index is 1060. The summed E-state index contributed by atoms with van der Waals surface area (Å²) in [6.45, 7) is 8.75. The highest BCUT2D eigenvalue weighted by Gasteiger charge is 2.34. The van der Waals surface area contributed by atoms with E-state index in [1.54, 1.807) is 7.11 Å². The molecule has 1 N–H and O–H groups in total. The number of ether oxygens (including phenoxy) is 1. The number of aryl methyl sites for hydroxylation is 1. The number of rotatable bonds is 12. The number of nitrogens with zero attached hydrogens (tertiary/aromatic N) is 2. The molecule has 0 saturated carbocycles. The van der Waals surface area contributed by atoms with Crippen LogP contribution in [0.5, 0.6) is 5.75 Å². The van der Waals surface area contributed by atoms with Crippen LogP contribution in [0.1, 0.15) is 55.4 Å². The minimum Gasteiger partial charge on any atom is -0.508 e. The fourth-order valence-corrected chi connectivity index (χ4v) is 6.01. The van der Waals surface area contributed by atoms with Crippen molar-refractivity contribution in [2.45, 2.75) is 65.0 Å². The number of methoxy groups -OCH3 is 1. The zero-order valence-electron chi connectivity index (χ0n) is 23.3. The van der Waals surface area contributed by atoms with Crippen molar-refractivity contribution in [3.8, 4) is 5.75 Å². The Balaban J connectivity index is 1.44. The van der Waals surface area contributed by atoms with Gasteiger partial charge in [-0.3, -0.25) is 4.90 Å². The number of aromatic hydroxyl groups is 1. The minimum absolute atomic E-state index is 0.306. The third kappa shape index (κ3) is 7.27. The van der Waals surface area contributed by atoms with Crippen molar-refractivity contribution < 1.29 is 9.84 Å². The highest BCUT2D eigenvalue weighted by molar-refractivity contribution is 5.37. The topological polar surface area (TPSA) is 35.9 Å². The zero-order valence-corrected chi connectivity index (χ0v) is 23.3. The Labute approximate surface area is 224 Å². The summed E-state index contributed by atoms with van der Waals surface area (Å²) in [4.78, 5) is 5.05. The third-order valence-electron chi connectivity index (χ3n) is 8.36. The summed E-state index contributed by atoms with van der Waals surface area (Å²) in [5.74, 6) is 2.36. The Morgan fingerprint density at radius 3 is 2.51 bits per heavy atom. The fraction of sp³-hybridized carbons (Fsp3) is 0.515. The highest BCUT2D eigenvalue weighted by Crippen LogP contribution is 2.38. The molecule has 0 radical (unpaired) electrons. The predicted molar refractivity (Wildman–Crippen MR) is 154 cm³/mol. The molecule has 3 atom stereocenters. The lowest BCUT2D eigenvalue weighted by atomic mass is 9.72. The molecular formula is C33H46N2O2. The molecule has 2 unspecified atom stereocenters. The van der Waals surface area contributed by atoms with Gasteiger partial charge < -0.3 is 14.7 Å². The summed E-state index contributed by atoms with van der Waals surface area (Å²) < 4.78 is 5.67. The van der Waals surface area contributed by atoms with Gasteiger partial charge in [0, 0.05) is 19.1 Å². The number of allylic oxidation sites excluding steroid dienone is 1. The van der Waals surface area contributed by atoms with E-state index in [0.29, 0.717) is 23.6 Å². The summed E-state index contributed by atoms with van der Waals surface area (Å²) in [6, 6.07) is 15.5. The molecule has 2 aromatic rings. The number of likely N-dealkylation sites (N-methyl/N-ethyl adjacent to an activating group) is 2. The molecule has 0 saturated heterocycles. The molecule has 0 spiro atoms. The van der Waals surface area contributed by atoms with Crippen LogP contribution >= 0.6 is 0 Å². The van der Waals surface area contributed by atoms with Crippen molar-refractivity contribution in [1.29, 1.82) is 0 Å². The molecule has 0 aromatic heterocycles. The normalized spacial score (nSPS) is 21.2. The summed E-state index contributed by atoms with van der Waals surface area (Å²) in [5.41, 5.74) is 5.49. The van der Waals surface area contributed by atoms with Gasteiger partial charge in [-0.25, -0.2) is 0 Å². The summed E-state index contributed by atoms with van der Waals surface area (Å²) in [6.07, 6.45) is 13.8. The number of unbranched alkanes of at least 4 members (excludes halogenated alkanes) is 1.